The van der Waals surface area contributed by atoms with Crippen LogP contribution in [0.25, 0.3) is 0 Å². The van der Waals surface area contributed by atoms with Crippen molar-refractivity contribution in [2.75, 3.05) is 6.61 Å². The number of halogens is 4. The lowest BCUT2D eigenvalue weighted by Gasteiger charge is -2.14. The molecule has 0 spiro atoms. The highest BCUT2D eigenvalue weighted by Gasteiger charge is 2.13. The summed E-state index contributed by atoms with van der Waals surface area (Å²) >= 11 is 22.3. The van der Waals surface area contributed by atoms with E-state index >= 15 is 0 Å². The van der Waals surface area contributed by atoms with Crippen molar-refractivity contribution >= 4 is 56.9 Å². The number of ether oxygens (including phenoxy) is 2. The number of hydrazone groups is 1. The summed E-state index contributed by atoms with van der Waals surface area (Å²) in [5.41, 5.74) is 5.52. The molecule has 0 aromatic heterocycles. The number of hydrogen-bond donors (Lipinski definition) is 1. The van der Waals surface area contributed by atoms with E-state index in [0.29, 0.717) is 46.3 Å². The molecule has 0 bridgehead atoms. The van der Waals surface area contributed by atoms with Gasteiger partial charge in [0.2, 0.25) is 0 Å². The molecule has 3 rings (SSSR count). The highest BCUT2D eigenvalue weighted by molar-refractivity contribution is 9.10. The Labute approximate surface area is 205 Å². The molecule has 0 saturated carbocycles. The molecular formula is C23H20BrCl3N2O2. The van der Waals surface area contributed by atoms with Crippen LogP contribution in [0, 0.1) is 0 Å². The lowest BCUT2D eigenvalue weighted by Crippen LogP contribution is -2.07. The molecule has 0 aliphatic rings. The zero-order chi connectivity index (χ0) is 22.2. The molecule has 0 atom stereocenters. The van der Waals surface area contributed by atoms with Crippen LogP contribution in [0.4, 0.5) is 0 Å². The van der Waals surface area contributed by atoms with Crippen LogP contribution in [0.3, 0.4) is 0 Å². The third kappa shape index (κ3) is 6.78. The van der Waals surface area contributed by atoms with Crippen molar-refractivity contribution in [3.05, 3.63) is 90.8 Å². The van der Waals surface area contributed by atoms with E-state index in [9.17, 15) is 0 Å². The van der Waals surface area contributed by atoms with Crippen LogP contribution in [0.2, 0.25) is 15.1 Å². The predicted molar refractivity (Wildman–Crippen MR) is 132 cm³/mol. The first-order chi connectivity index (χ1) is 15.0. The summed E-state index contributed by atoms with van der Waals surface area (Å²) in [7, 11) is 0. The summed E-state index contributed by atoms with van der Waals surface area (Å²) in [6, 6.07) is 16.9. The second kappa shape index (κ2) is 11.6. The van der Waals surface area contributed by atoms with Crippen molar-refractivity contribution in [1.82, 2.24) is 5.43 Å². The van der Waals surface area contributed by atoms with E-state index < -0.39 is 0 Å². The maximum absolute atomic E-state index is 6.48. The molecule has 0 radical (unpaired) electrons. The van der Waals surface area contributed by atoms with Crippen LogP contribution in [0.5, 0.6) is 11.5 Å². The lowest BCUT2D eigenvalue weighted by atomic mass is 10.2. The average Bonchev–Trinajstić information content (AvgIpc) is 2.74. The van der Waals surface area contributed by atoms with Crippen LogP contribution in [0.1, 0.15) is 23.6 Å². The van der Waals surface area contributed by atoms with E-state index in [-0.39, 0.29) is 0 Å². The van der Waals surface area contributed by atoms with E-state index in [0.717, 1.165) is 21.2 Å². The van der Waals surface area contributed by atoms with E-state index in [4.69, 9.17) is 44.3 Å². The Kier molecular flexibility index (Phi) is 8.90. The monoisotopic (exact) mass is 540 g/mol. The van der Waals surface area contributed by atoms with Gasteiger partial charge in [-0.3, -0.25) is 0 Å². The molecule has 3 aromatic rings. The number of nitrogens with one attached hydrogen (secondary N) is 1. The van der Waals surface area contributed by atoms with Gasteiger partial charge in [-0.1, -0.05) is 68.9 Å². The molecule has 4 nitrogen and oxygen atoms in total. The van der Waals surface area contributed by atoms with Gasteiger partial charge in [-0.05, 0) is 54.4 Å². The molecule has 31 heavy (non-hydrogen) atoms. The minimum absolute atomic E-state index is 0.376. The summed E-state index contributed by atoms with van der Waals surface area (Å²) in [6.07, 6.45) is 1.65. The molecule has 162 valence electrons. The van der Waals surface area contributed by atoms with Crippen molar-refractivity contribution in [2.24, 2.45) is 5.10 Å². The summed E-state index contributed by atoms with van der Waals surface area (Å²) in [5, 5.41) is 5.86. The summed E-state index contributed by atoms with van der Waals surface area (Å²) in [4.78, 5) is 0. The number of benzene rings is 3. The first-order valence-corrected chi connectivity index (χ1v) is 11.4. The summed E-state index contributed by atoms with van der Waals surface area (Å²) in [5.74, 6) is 1.06. The highest BCUT2D eigenvalue weighted by atomic mass is 79.9. The van der Waals surface area contributed by atoms with Gasteiger partial charge in [0.15, 0.2) is 11.5 Å². The van der Waals surface area contributed by atoms with Crippen molar-refractivity contribution in [3.8, 4) is 11.5 Å². The third-order valence-corrected chi connectivity index (χ3v) is 5.77. The first-order valence-electron chi connectivity index (χ1n) is 9.50. The number of rotatable bonds is 9. The molecule has 0 fully saturated rings. The molecule has 0 aliphatic carbocycles. The van der Waals surface area contributed by atoms with Gasteiger partial charge in [0.25, 0.3) is 0 Å². The van der Waals surface area contributed by atoms with Gasteiger partial charge >= 0.3 is 0 Å². The average molecular weight is 543 g/mol. The van der Waals surface area contributed by atoms with E-state index in [1.54, 1.807) is 30.5 Å². The van der Waals surface area contributed by atoms with Gasteiger partial charge < -0.3 is 14.9 Å². The van der Waals surface area contributed by atoms with E-state index in [2.05, 4.69) is 26.5 Å². The SMILES string of the molecule is CCOc1cc(/C=N/NCc2c(Cl)cccc2Cl)cc(Cl)c1OCc1ccc(Br)cc1. The zero-order valence-corrected chi connectivity index (χ0v) is 20.5. The van der Waals surface area contributed by atoms with Gasteiger partial charge in [-0.15, -0.1) is 0 Å². The smallest absolute Gasteiger partial charge is 0.180 e. The maximum Gasteiger partial charge on any atom is 0.180 e. The predicted octanol–water partition coefficient (Wildman–Crippen LogP) is 7.51. The number of hydrogen-bond acceptors (Lipinski definition) is 4. The fraction of sp³-hybridized carbons (Fsp3) is 0.174. The normalized spacial score (nSPS) is 11.0. The van der Waals surface area contributed by atoms with Gasteiger partial charge in [0, 0.05) is 20.1 Å². The van der Waals surface area contributed by atoms with Crippen molar-refractivity contribution in [3.63, 3.8) is 0 Å². The standard InChI is InChI=1S/C23H20BrCl3N2O2/c1-2-30-22-11-16(12-28-29-13-18-19(25)4-3-5-20(18)26)10-21(27)23(22)31-14-15-6-8-17(24)9-7-15/h3-12,29H,2,13-14H2,1H3/b28-12+. The Morgan fingerprint density at radius 3 is 2.35 bits per heavy atom. The van der Waals surface area contributed by atoms with Gasteiger partial charge in [0.1, 0.15) is 6.61 Å². The lowest BCUT2D eigenvalue weighted by molar-refractivity contribution is 0.269. The van der Waals surface area contributed by atoms with E-state index in [1.165, 1.54) is 0 Å². The molecule has 0 heterocycles. The second-order valence-electron chi connectivity index (χ2n) is 6.47. The van der Waals surface area contributed by atoms with Crippen molar-refractivity contribution in [1.29, 1.82) is 0 Å². The quantitative estimate of drug-likeness (QED) is 0.225. The topological polar surface area (TPSA) is 42.8 Å². The van der Waals surface area contributed by atoms with Crippen molar-refractivity contribution < 1.29 is 9.47 Å². The molecule has 3 aromatic carbocycles. The number of nitrogens with zero attached hydrogens (tertiary/aromatic N) is 1. The molecule has 0 amide bonds. The molecule has 8 heteroatoms. The Morgan fingerprint density at radius 2 is 1.68 bits per heavy atom. The third-order valence-electron chi connectivity index (χ3n) is 4.25. The van der Waals surface area contributed by atoms with Crippen LogP contribution < -0.4 is 14.9 Å². The Morgan fingerprint density at radius 1 is 0.968 bits per heavy atom. The molecule has 0 aliphatic heterocycles. The molecule has 1 N–H and O–H groups in total. The summed E-state index contributed by atoms with van der Waals surface area (Å²) in [6.45, 7) is 3.16. The fourth-order valence-corrected chi connectivity index (χ4v) is 3.82. The molecule has 0 unspecified atom stereocenters. The highest BCUT2D eigenvalue weighted by Crippen LogP contribution is 2.37. The largest absolute Gasteiger partial charge is 0.490 e. The van der Waals surface area contributed by atoms with Crippen molar-refractivity contribution in [2.45, 2.75) is 20.1 Å². The molecule has 0 saturated heterocycles. The molecular weight excluding hydrogens is 523 g/mol. The Balaban J connectivity index is 1.70. The minimum Gasteiger partial charge on any atom is -0.490 e. The Bertz CT molecular complexity index is 1040. The van der Waals surface area contributed by atoms with Crippen LogP contribution in [0.15, 0.2) is 64.2 Å². The van der Waals surface area contributed by atoms with Crippen LogP contribution in [-0.2, 0) is 13.2 Å². The second-order valence-corrected chi connectivity index (χ2v) is 8.61. The minimum atomic E-state index is 0.376. The summed E-state index contributed by atoms with van der Waals surface area (Å²) < 4.78 is 12.7. The van der Waals surface area contributed by atoms with E-state index in [1.807, 2.05) is 37.3 Å². The van der Waals surface area contributed by atoms with Crippen LogP contribution in [-0.4, -0.2) is 12.8 Å². The van der Waals surface area contributed by atoms with Gasteiger partial charge in [-0.25, -0.2) is 0 Å². The zero-order valence-electron chi connectivity index (χ0n) is 16.7. The first kappa shape index (κ1) is 23.7. The fourth-order valence-electron chi connectivity index (χ4n) is 2.75. The van der Waals surface area contributed by atoms with Gasteiger partial charge in [-0.2, -0.15) is 5.10 Å². The maximum atomic E-state index is 6.48. The van der Waals surface area contributed by atoms with Crippen LogP contribution >= 0.6 is 50.7 Å². The Hall–Kier alpha value is -1.92. The van der Waals surface area contributed by atoms with Gasteiger partial charge in [0.05, 0.1) is 24.4 Å².